The summed E-state index contributed by atoms with van der Waals surface area (Å²) in [4.78, 5) is 0. The first kappa shape index (κ1) is 14.4. The molecule has 0 aromatic heterocycles. The van der Waals surface area contributed by atoms with Crippen molar-refractivity contribution in [1.82, 2.24) is 0 Å². The highest BCUT2D eigenvalue weighted by Gasteiger charge is 2.10. The standard InChI is InChI=1S/C16H15BrN2O/c1-11(12-6-8-13(20-2)9-7-12)19-16-5-3-4-15(17)14(16)10-18/h3-9,11,19H,1-2H3. The summed E-state index contributed by atoms with van der Waals surface area (Å²) in [7, 11) is 1.65. The number of halogens is 1. The molecule has 0 saturated heterocycles. The third-order valence-corrected chi connectivity index (χ3v) is 3.77. The van der Waals surface area contributed by atoms with Crippen molar-refractivity contribution in [3.8, 4) is 11.8 Å². The molecular formula is C16H15BrN2O. The highest BCUT2D eigenvalue weighted by Crippen LogP contribution is 2.27. The molecule has 0 bridgehead atoms. The normalized spacial score (nSPS) is 11.5. The highest BCUT2D eigenvalue weighted by atomic mass is 79.9. The van der Waals surface area contributed by atoms with E-state index in [1.54, 1.807) is 7.11 Å². The van der Waals surface area contributed by atoms with E-state index in [1.807, 2.05) is 42.5 Å². The third kappa shape index (κ3) is 3.12. The van der Waals surface area contributed by atoms with Crippen molar-refractivity contribution in [3.05, 3.63) is 58.1 Å². The van der Waals surface area contributed by atoms with Crippen LogP contribution in [0.5, 0.6) is 5.75 Å². The molecule has 0 heterocycles. The van der Waals surface area contributed by atoms with Crippen LogP contribution in [-0.4, -0.2) is 7.11 Å². The fraction of sp³-hybridized carbons (Fsp3) is 0.188. The van der Waals surface area contributed by atoms with Gasteiger partial charge in [-0.05, 0) is 52.7 Å². The topological polar surface area (TPSA) is 45.0 Å². The predicted octanol–water partition coefficient (Wildman–Crippen LogP) is 4.50. The summed E-state index contributed by atoms with van der Waals surface area (Å²) >= 11 is 3.39. The molecule has 1 N–H and O–H groups in total. The molecule has 102 valence electrons. The number of hydrogen-bond acceptors (Lipinski definition) is 3. The molecule has 3 nitrogen and oxygen atoms in total. The second kappa shape index (κ2) is 6.44. The fourth-order valence-corrected chi connectivity index (χ4v) is 2.42. The van der Waals surface area contributed by atoms with Gasteiger partial charge in [-0.15, -0.1) is 0 Å². The van der Waals surface area contributed by atoms with E-state index in [1.165, 1.54) is 0 Å². The largest absolute Gasteiger partial charge is 0.497 e. The maximum absolute atomic E-state index is 9.21. The molecule has 0 radical (unpaired) electrons. The van der Waals surface area contributed by atoms with Crippen LogP contribution in [-0.2, 0) is 0 Å². The Morgan fingerprint density at radius 3 is 2.50 bits per heavy atom. The Balaban J connectivity index is 2.21. The Morgan fingerprint density at radius 2 is 1.90 bits per heavy atom. The Kier molecular flexibility index (Phi) is 4.65. The van der Waals surface area contributed by atoms with Crippen LogP contribution in [0.3, 0.4) is 0 Å². The maximum atomic E-state index is 9.21. The third-order valence-electron chi connectivity index (χ3n) is 3.11. The monoisotopic (exact) mass is 330 g/mol. The number of hydrogen-bond donors (Lipinski definition) is 1. The number of benzene rings is 2. The van der Waals surface area contributed by atoms with Crippen molar-refractivity contribution >= 4 is 21.6 Å². The minimum Gasteiger partial charge on any atom is -0.497 e. The number of nitrogens with zero attached hydrogens (tertiary/aromatic N) is 1. The molecule has 1 unspecified atom stereocenters. The summed E-state index contributed by atoms with van der Waals surface area (Å²) in [6, 6.07) is 15.9. The van der Waals surface area contributed by atoms with Crippen LogP contribution in [0, 0.1) is 11.3 Å². The molecular weight excluding hydrogens is 316 g/mol. The summed E-state index contributed by atoms with van der Waals surface area (Å²) in [5, 5.41) is 12.6. The molecule has 0 aliphatic heterocycles. The number of anilines is 1. The molecule has 0 aliphatic carbocycles. The summed E-state index contributed by atoms with van der Waals surface area (Å²) in [6.07, 6.45) is 0. The number of methoxy groups -OCH3 is 1. The minimum atomic E-state index is 0.0994. The average molecular weight is 331 g/mol. The van der Waals surface area contributed by atoms with E-state index < -0.39 is 0 Å². The molecule has 0 aliphatic rings. The van der Waals surface area contributed by atoms with E-state index >= 15 is 0 Å². The van der Waals surface area contributed by atoms with Gasteiger partial charge in [0.2, 0.25) is 0 Å². The zero-order valence-electron chi connectivity index (χ0n) is 11.4. The van der Waals surface area contributed by atoms with Crippen LogP contribution in [0.25, 0.3) is 0 Å². The lowest BCUT2D eigenvalue weighted by molar-refractivity contribution is 0.414. The van der Waals surface area contributed by atoms with Crippen LogP contribution >= 0.6 is 15.9 Å². The second-order valence-corrected chi connectivity index (χ2v) is 5.27. The lowest BCUT2D eigenvalue weighted by atomic mass is 10.1. The van der Waals surface area contributed by atoms with Crippen LogP contribution in [0.15, 0.2) is 46.9 Å². The van der Waals surface area contributed by atoms with E-state index in [0.717, 1.165) is 21.5 Å². The zero-order chi connectivity index (χ0) is 14.5. The Hall–Kier alpha value is -1.99. The van der Waals surface area contributed by atoms with Gasteiger partial charge in [0, 0.05) is 10.5 Å². The first-order valence-corrected chi connectivity index (χ1v) is 7.04. The number of nitriles is 1. The first-order chi connectivity index (χ1) is 9.65. The molecule has 0 spiro atoms. The van der Waals surface area contributed by atoms with E-state index in [2.05, 4.69) is 34.2 Å². The predicted molar refractivity (Wildman–Crippen MR) is 83.9 cm³/mol. The van der Waals surface area contributed by atoms with Crippen molar-refractivity contribution in [2.75, 3.05) is 12.4 Å². The van der Waals surface area contributed by atoms with Gasteiger partial charge < -0.3 is 10.1 Å². The quantitative estimate of drug-likeness (QED) is 0.897. The SMILES string of the molecule is COc1ccc(C(C)Nc2cccc(Br)c2C#N)cc1. The van der Waals surface area contributed by atoms with Crippen molar-refractivity contribution < 1.29 is 4.74 Å². The Bertz CT molecular complexity index is 632. The van der Waals surface area contributed by atoms with Gasteiger partial charge in [0.15, 0.2) is 0 Å². The second-order valence-electron chi connectivity index (χ2n) is 4.41. The Morgan fingerprint density at radius 1 is 1.20 bits per heavy atom. The van der Waals surface area contributed by atoms with Gasteiger partial charge in [-0.2, -0.15) is 5.26 Å². The highest BCUT2D eigenvalue weighted by molar-refractivity contribution is 9.10. The molecule has 4 heteroatoms. The maximum Gasteiger partial charge on any atom is 0.118 e. The Labute approximate surface area is 127 Å². The fourth-order valence-electron chi connectivity index (χ4n) is 1.97. The van der Waals surface area contributed by atoms with Gasteiger partial charge in [0.05, 0.1) is 18.4 Å². The van der Waals surface area contributed by atoms with Crippen molar-refractivity contribution in [1.29, 1.82) is 5.26 Å². The minimum absolute atomic E-state index is 0.0994. The van der Waals surface area contributed by atoms with Gasteiger partial charge in [-0.1, -0.05) is 18.2 Å². The average Bonchev–Trinajstić information content (AvgIpc) is 2.47. The van der Waals surface area contributed by atoms with E-state index in [9.17, 15) is 5.26 Å². The smallest absolute Gasteiger partial charge is 0.118 e. The van der Waals surface area contributed by atoms with Crippen LogP contribution in [0.4, 0.5) is 5.69 Å². The van der Waals surface area contributed by atoms with E-state index in [-0.39, 0.29) is 6.04 Å². The number of ether oxygens (including phenoxy) is 1. The first-order valence-electron chi connectivity index (χ1n) is 6.25. The van der Waals surface area contributed by atoms with Gasteiger partial charge in [0.25, 0.3) is 0 Å². The lowest BCUT2D eigenvalue weighted by Gasteiger charge is -2.17. The van der Waals surface area contributed by atoms with Crippen LogP contribution in [0.1, 0.15) is 24.1 Å². The molecule has 2 aromatic carbocycles. The summed E-state index contributed by atoms with van der Waals surface area (Å²) in [5.74, 6) is 0.834. The molecule has 2 rings (SSSR count). The van der Waals surface area contributed by atoms with Crippen LogP contribution in [0.2, 0.25) is 0 Å². The van der Waals surface area contributed by atoms with Crippen molar-refractivity contribution in [2.45, 2.75) is 13.0 Å². The molecule has 0 saturated carbocycles. The zero-order valence-corrected chi connectivity index (χ0v) is 12.9. The number of rotatable bonds is 4. The van der Waals surface area contributed by atoms with Gasteiger partial charge >= 0.3 is 0 Å². The van der Waals surface area contributed by atoms with Crippen LogP contribution < -0.4 is 10.1 Å². The molecule has 1 atom stereocenters. The number of nitrogens with one attached hydrogen (secondary N) is 1. The van der Waals surface area contributed by atoms with Crippen molar-refractivity contribution in [3.63, 3.8) is 0 Å². The van der Waals surface area contributed by atoms with E-state index in [4.69, 9.17) is 4.74 Å². The van der Waals surface area contributed by atoms with Gasteiger partial charge in [-0.3, -0.25) is 0 Å². The van der Waals surface area contributed by atoms with Crippen molar-refractivity contribution in [2.24, 2.45) is 0 Å². The molecule has 0 fully saturated rings. The summed E-state index contributed by atoms with van der Waals surface area (Å²) < 4.78 is 5.95. The summed E-state index contributed by atoms with van der Waals surface area (Å²) in [6.45, 7) is 2.06. The van der Waals surface area contributed by atoms with E-state index in [0.29, 0.717) is 5.56 Å². The molecule has 2 aromatic rings. The van der Waals surface area contributed by atoms with Gasteiger partial charge in [-0.25, -0.2) is 0 Å². The molecule has 0 amide bonds. The lowest BCUT2D eigenvalue weighted by Crippen LogP contribution is -2.08. The summed E-state index contributed by atoms with van der Waals surface area (Å²) in [5.41, 5.74) is 2.58. The molecule has 20 heavy (non-hydrogen) atoms. The van der Waals surface area contributed by atoms with Gasteiger partial charge in [0.1, 0.15) is 11.8 Å².